The molecular formula is C16H26ClFN2O. The number of nitrogens with one attached hydrogen (secondary N) is 1. The third kappa shape index (κ3) is 6.44. The summed E-state index contributed by atoms with van der Waals surface area (Å²) in [7, 11) is 0. The van der Waals surface area contributed by atoms with Gasteiger partial charge in [0, 0.05) is 18.0 Å². The standard InChI is InChI=1S/C16H25FN2O.ClH/c1-4-16(18,5-2)11-19-15(20)12(3)9-13-7-6-8-14(17)10-13;/h6-8,10,12H,4-5,9,11,18H2,1-3H3,(H,19,20);1H. The van der Waals surface area contributed by atoms with Crippen LogP contribution in [0.5, 0.6) is 0 Å². The zero-order valence-corrected chi connectivity index (χ0v) is 13.8. The molecular weight excluding hydrogens is 291 g/mol. The van der Waals surface area contributed by atoms with E-state index in [0.29, 0.717) is 13.0 Å². The Morgan fingerprint density at radius 2 is 2.00 bits per heavy atom. The molecule has 0 radical (unpaired) electrons. The number of carbonyl (C=O) groups is 1. The highest BCUT2D eigenvalue weighted by Gasteiger charge is 2.22. The van der Waals surface area contributed by atoms with Crippen LogP contribution >= 0.6 is 12.4 Å². The molecule has 1 unspecified atom stereocenters. The second kappa shape index (κ2) is 9.00. The summed E-state index contributed by atoms with van der Waals surface area (Å²) >= 11 is 0. The van der Waals surface area contributed by atoms with Gasteiger partial charge in [-0.15, -0.1) is 12.4 Å². The minimum Gasteiger partial charge on any atom is -0.354 e. The second-order valence-electron chi connectivity index (χ2n) is 5.52. The lowest BCUT2D eigenvalue weighted by atomic mass is 9.93. The first-order valence-electron chi connectivity index (χ1n) is 7.21. The number of amides is 1. The summed E-state index contributed by atoms with van der Waals surface area (Å²) in [6, 6.07) is 6.36. The minimum atomic E-state index is -0.339. The first-order chi connectivity index (χ1) is 9.40. The SMILES string of the molecule is CCC(N)(CC)CNC(=O)C(C)Cc1cccc(F)c1.Cl. The predicted octanol–water partition coefficient (Wildman–Crippen LogP) is 3.06. The number of hydrogen-bond donors (Lipinski definition) is 2. The van der Waals surface area contributed by atoms with Crippen LogP contribution in [0, 0.1) is 11.7 Å². The Morgan fingerprint density at radius 3 is 2.52 bits per heavy atom. The molecule has 5 heteroatoms. The van der Waals surface area contributed by atoms with Crippen molar-refractivity contribution in [1.29, 1.82) is 0 Å². The van der Waals surface area contributed by atoms with Crippen LogP contribution in [-0.4, -0.2) is 18.0 Å². The molecule has 0 aliphatic rings. The summed E-state index contributed by atoms with van der Waals surface area (Å²) in [5.41, 5.74) is 6.65. The van der Waals surface area contributed by atoms with Gasteiger partial charge in [-0.2, -0.15) is 0 Å². The van der Waals surface area contributed by atoms with Gasteiger partial charge >= 0.3 is 0 Å². The molecule has 1 amide bonds. The monoisotopic (exact) mass is 316 g/mol. The van der Waals surface area contributed by atoms with Gasteiger partial charge in [0.25, 0.3) is 0 Å². The Kier molecular flexibility index (Phi) is 8.52. The number of halogens is 2. The number of benzene rings is 1. The molecule has 1 aromatic rings. The molecule has 0 saturated carbocycles. The first-order valence-corrected chi connectivity index (χ1v) is 7.21. The van der Waals surface area contributed by atoms with Gasteiger partial charge in [0.1, 0.15) is 5.82 Å². The quantitative estimate of drug-likeness (QED) is 0.812. The lowest BCUT2D eigenvalue weighted by Gasteiger charge is -2.27. The van der Waals surface area contributed by atoms with Gasteiger partial charge in [0.2, 0.25) is 5.91 Å². The van der Waals surface area contributed by atoms with Crippen LogP contribution in [0.2, 0.25) is 0 Å². The van der Waals surface area contributed by atoms with E-state index in [-0.39, 0.29) is 35.6 Å². The molecule has 0 saturated heterocycles. The summed E-state index contributed by atoms with van der Waals surface area (Å²) in [5, 5.41) is 2.90. The van der Waals surface area contributed by atoms with E-state index in [1.807, 2.05) is 26.8 Å². The highest BCUT2D eigenvalue weighted by Crippen LogP contribution is 2.12. The average Bonchev–Trinajstić information content (AvgIpc) is 2.44. The lowest BCUT2D eigenvalue weighted by molar-refractivity contribution is -0.124. The van der Waals surface area contributed by atoms with Gasteiger partial charge in [-0.1, -0.05) is 32.9 Å². The van der Waals surface area contributed by atoms with E-state index in [4.69, 9.17) is 5.73 Å². The molecule has 0 fully saturated rings. The molecule has 3 nitrogen and oxygen atoms in total. The fourth-order valence-electron chi connectivity index (χ4n) is 2.05. The Bertz CT molecular complexity index is 450. The smallest absolute Gasteiger partial charge is 0.223 e. The van der Waals surface area contributed by atoms with Crippen LogP contribution in [0.4, 0.5) is 4.39 Å². The topological polar surface area (TPSA) is 55.1 Å². The molecule has 0 spiro atoms. The van der Waals surface area contributed by atoms with Gasteiger partial charge in [0.05, 0.1) is 0 Å². The number of rotatable bonds is 7. The van der Waals surface area contributed by atoms with E-state index in [0.717, 1.165) is 18.4 Å². The van der Waals surface area contributed by atoms with E-state index < -0.39 is 0 Å². The Morgan fingerprint density at radius 1 is 1.38 bits per heavy atom. The average molecular weight is 317 g/mol. The van der Waals surface area contributed by atoms with E-state index >= 15 is 0 Å². The largest absolute Gasteiger partial charge is 0.354 e. The van der Waals surface area contributed by atoms with E-state index in [1.54, 1.807) is 6.07 Å². The van der Waals surface area contributed by atoms with Crippen molar-refractivity contribution in [1.82, 2.24) is 5.32 Å². The summed E-state index contributed by atoms with van der Waals surface area (Å²) in [5.74, 6) is -0.506. The van der Waals surface area contributed by atoms with Crippen molar-refractivity contribution in [3.63, 3.8) is 0 Å². The maximum absolute atomic E-state index is 13.1. The molecule has 0 aliphatic heterocycles. The molecule has 120 valence electrons. The molecule has 21 heavy (non-hydrogen) atoms. The predicted molar refractivity (Wildman–Crippen MR) is 87.0 cm³/mol. The normalized spacial score (nSPS) is 12.4. The van der Waals surface area contributed by atoms with Crippen molar-refractivity contribution in [2.45, 2.75) is 45.6 Å². The van der Waals surface area contributed by atoms with E-state index in [9.17, 15) is 9.18 Å². The van der Waals surface area contributed by atoms with Crippen molar-refractivity contribution in [2.24, 2.45) is 11.7 Å². The van der Waals surface area contributed by atoms with Crippen LogP contribution in [0.15, 0.2) is 24.3 Å². The van der Waals surface area contributed by atoms with Gasteiger partial charge in [-0.3, -0.25) is 4.79 Å². The minimum absolute atomic E-state index is 0. The molecule has 0 heterocycles. The van der Waals surface area contributed by atoms with Crippen LogP contribution in [0.3, 0.4) is 0 Å². The number of carbonyl (C=O) groups excluding carboxylic acids is 1. The second-order valence-corrected chi connectivity index (χ2v) is 5.52. The van der Waals surface area contributed by atoms with E-state index in [1.165, 1.54) is 12.1 Å². The van der Waals surface area contributed by atoms with Crippen molar-refractivity contribution >= 4 is 18.3 Å². The molecule has 3 N–H and O–H groups in total. The van der Waals surface area contributed by atoms with Crippen molar-refractivity contribution in [2.75, 3.05) is 6.54 Å². The number of hydrogen-bond acceptors (Lipinski definition) is 2. The van der Waals surface area contributed by atoms with Gasteiger partial charge in [0.15, 0.2) is 0 Å². The molecule has 1 aromatic carbocycles. The summed E-state index contributed by atoms with van der Waals surface area (Å²) in [6.45, 7) is 6.36. The molecule has 1 atom stereocenters. The summed E-state index contributed by atoms with van der Waals surface area (Å²) in [6.07, 6.45) is 2.17. The van der Waals surface area contributed by atoms with Crippen molar-refractivity contribution < 1.29 is 9.18 Å². The third-order valence-electron chi connectivity index (χ3n) is 3.90. The summed E-state index contributed by atoms with van der Waals surface area (Å²) < 4.78 is 13.1. The molecule has 0 bridgehead atoms. The Hall–Kier alpha value is -1.13. The maximum Gasteiger partial charge on any atom is 0.223 e. The van der Waals surface area contributed by atoms with Gasteiger partial charge < -0.3 is 11.1 Å². The zero-order chi connectivity index (χ0) is 15.2. The van der Waals surface area contributed by atoms with Crippen LogP contribution < -0.4 is 11.1 Å². The van der Waals surface area contributed by atoms with Crippen LogP contribution in [0.1, 0.15) is 39.2 Å². The van der Waals surface area contributed by atoms with Crippen LogP contribution in [-0.2, 0) is 11.2 Å². The lowest BCUT2D eigenvalue weighted by Crippen LogP contribution is -2.50. The third-order valence-corrected chi connectivity index (χ3v) is 3.90. The summed E-state index contributed by atoms with van der Waals surface area (Å²) in [4.78, 5) is 12.1. The highest BCUT2D eigenvalue weighted by atomic mass is 35.5. The van der Waals surface area contributed by atoms with E-state index in [2.05, 4.69) is 5.32 Å². The number of nitrogens with two attached hydrogens (primary N) is 1. The van der Waals surface area contributed by atoms with Crippen molar-refractivity contribution in [3.05, 3.63) is 35.6 Å². The van der Waals surface area contributed by atoms with Gasteiger partial charge in [-0.25, -0.2) is 4.39 Å². The zero-order valence-electron chi connectivity index (χ0n) is 13.0. The highest BCUT2D eigenvalue weighted by molar-refractivity contribution is 5.85. The van der Waals surface area contributed by atoms with Gasteiger partial charge in [-0.05, 0) is 37.0 Å². The fourth-order valence-corrected chi connectivity index (χ4v) is 2.05. The van der Waals surface area contributed by atoms with Crippen molar-refractivity contribution in [3.8, 4) is 0 Å². The fraction of sp³-hybridized carbons (Fsp3) is 0.562. The maximum atomic E-state index is 13.1. The molecule has 0 aliphatic carbocycles. The van der Waals surface area contributed by atoms with Crippen LogP contribution in [0.25, 0.3) is 0 Å². The molecule has 0 aromatic heterocycles. The Balaban J connectivity index is 0.00000400. The first kappa shape index (κ1) is 19.9. The Labute approximate surface area is 132 Å². The molecule has 1 rings (SSSR count).